The van der Waals surface area contributed by atoms with E-state index in [1.165, 1.54) is 18.8 Å². The Morgan fingerprint density at radius 1 is 1.38 bits per heavy atom. The van der Waals surface area contributed by atoms with Gasteiger partial charge in [-0.15, -0.1) is 0 Å². The Balaban J connectivity index is 1.70. The van der Waals surface area contributed by atoms with Crippen LogP contribution in [0.1, 0.15) is 25.7 Å². The average Bonchev–Trinajstić information content (AvgIpc) is 3.00. The van der Waals surface area contributed by atoms with E-state index in [0.29, 0.717) is 22.8 Å². The van der Waals surface area contributed by atoms with Gasteiger partial charge in [0.2, 0.25) is 0 Å². The monoisotopic (exact) mass is 289 g/mol. The molecule has 1 atom stereocenters. The predicted octanol–water partition coefficient (Wildman–Crippen LogP) is 3.16. The van der Waals surface area contributed by atoms with E-state index in [1.807, 2.05) is 18.0 Å². The summed E-state index contributed by atoms with van der Waals surface area (Å²) >= 11 is 0. The minimum atomic E-state index is -0.269. The molecule has 3 rings (SSSR count). The molecule has 4 nitrogen and oxygen atoms in total. The normalized spacial score (nSPS) is 18.3. The highest BCUT2D eigenvalue weighted by Gasteiger charge is 2.16. The molecule has 112 valence electrons. The van der Waals surface area contributed by atoms with Crippen molar-refractivity contribution in [2.45, 2.75) is 31.8 Å². The van der Waals surface area contributed by atoms with Crippen LogP contribution in [-0.4, -0.2) is 36.3 Å². The van der Waals surface area contributed by atoms with Crippen LogP contribution in [-0.2, 0) is 4.74 Å². The van der Waals surface area contributed by atoms with E-state index < -0.39 is 0 Å². The molecule has 0 amide bonds. The van der Waals surface area contributed by atoms with Crippen molar-refractivity contribution >= 4 is 16.7 Å². The molecule has 1 aromatic heterocycles. The molecule has 0 N–H and O–H groups in total. The molecule has 0 radical (unpaired) electrons. The van der Waals surface area contributed by atoms with E-state index in [1.54, 1.807) is 6.07 Å². The van der Waals surface area contributed by atoms with E-state index in [-0.39, 0.29) is 5.82 Å². The maximum atomic E-state index is 14.0. The van der Waals surface area contributed by atoms with E-state index in [4.69, 9.17) is 4.74 Å². The van der Waals surface area contributed by atoms with E-state index in [2.05, 4.69) is 9.97 Å². The summed E-state index contributed by atoms with van der Waals surface area (Å²) in [5, 5.41) is 0.500. The Labute approximate surface area is 124 Å². The van der Waals surface area contributed by atoms with E-state index in [0.717, 1.165) is 32.4 Å². The lowest BCUT2D eigenvalue weighted by Crippen LogP contribution is -2.21. The summed E-state index contributed by atoms with van der Waals surface area (Å²) < 4.78 is 19.7. The fourth-order valence-electron chi connectivity index (χ4n) is 2.88. The fraction of sp³-hybridized carbons (Fsp3) is 0.500. The summed E-state index contributed by atoms with van der Waals surface area (Å²) in [5.41, 5.74) is 0.644. The summed E-state index contributed by atoms with van der Waals surface area (Å²) in [7, 11) is 1.95. The van der Waals surface area contributed by atoms with Crippen LogP contribution in [0.25, 0.3) is 10.9 Å². The Bertz CT molecular complexity index is 608. The lowest BCUT2D eigenvalue weighted by atomic mass is 10.1. The van der Waals surface area contributed by atoms with Crippen molar-refractivity contribution < 1.29 is 9.13 Å². The SMILES string of the molecule is CN(CCC[C@H]1CCCO1)c1ncnc2cccc(F)c12. The second-order valence-corrected chi connectivity index (χ2v) is 5.53. The number of ether oxygens (including phenoxy) is 1. The molecule has 1 fully saturated rings. The first-order chi connectivity index (χ1) is 10.3. The zero-order chi connectivity index (χ0) is 14.7. The molecule has 2 heterocycles. The van der Waals surface area contributed by atoms with Gasteiger partial charge in [-0.3, -0.25) is 0 Å². The molecule has 0 unspecified atom stereocenters. The largest absolute Gasteiger partial charge is 0.378 e. The predicted molar refractivity (Wildman–Crippen MR) is 81.0 cm³/mol. The molecular formula is C16H20FN3O. The smallest absolute Gasteiger partial charge is 0.142 e. The van der Waals surface area contributed by atoms with Crippen LogP contribution in [0.2, 0.25) is 0 Å². The van der Waals surface area contributed by atoms with Gasteiger partial charge in [0.25, 0.3) is 0 Å². The molecule has 0 saturated carbocycles. The first-order valence-electron chi connectivity index (χ1n) is 7.47. The Morgan fingerprint density at radius 3 is 3.10 bits per heavy atom. The van der Waals surface area contributed by atoms with Gasteiger partial charge >= 0.3 is 0 Å². The number of fused-ring (bicyclic) bond motifs is 1. The first kappa shape index (κ1) is 14.2. The van der Waals surface area contributed by atoms with Crippen LogP contribution >= 0.6 is 0 Å². The van der Waals surface area contributed by atoms with Crippen molar-refractivity contribution in [1.82, 2.24) is 9.97 Å². The van der Waals surface area contributed by atoms with Gasteiger partial charge < -0.3 is 9.64 Å². The van der Waals surface area contributed by atoms with Gasteiger partial charge in [0.15, 0.2) is 0 Å². The number of halogens is 1. The number of hydrogen-bond acceptors (Lipinski definition) is 4. The summed E-state index contributed by atoms with van der Waals surface area (Å²) in [6.45, 7) is 1.72. The molecule has 1 saturated heterocycles. The van der Waals surface area contributed by atoms with Gasteiger partial charge in [-0.25, -0.2) is 14.4 Å². The second kappa shape index (κ2) is 6.35. The highest BCUT2D eigenvalue weighted by atomic mass is 19.1. The second-order valence-electron chi connectivity index (χ2n) is 5.53. The van der Waals surface area contributed by atoms with Crippen molar-refractivity contribution in [2.75, 3.05) is 25.1 Å². The van der Waals surface area contributed by atoms with Crippen molar-refractivity contribution in [2.24, 2.45) is 0 Å². The minimum Gasteiger partial charge on any atom is -0.378 e. The van der Waals surface area contributed by atoms with E-state index >= 15 is 0 Å². The molecule has 5 heteroatoms. The van der Waals surface area contributed by atoms with Gasteiger partial charge in [-0.2, -0.15) is 0 Å². The highest BCUT2D eigenvalue weighted by molar-refractivity contribution is 5.89. The minimum absolute atomic E-state index is 0.269. The molecule has 1 aliphatic rings. The molecule has 1 aliphatic heterocycles. The zero-order valence-electron chi connectivity index (χ0n) is 12.3. The third-order valence-electron chi connectivity index (χ3n) is 4.00. The Hall–Kier alpha value is -1.75. The number of aromatic nitrogens is 2. The standard InChI is InChI=1S/C16H20FN3O/c1-20(9-3-5-12-6-4-10-21-12)16-15-13(17)7-2-8-14(15)18-11-19-16/h2,7-8,11-12H,3-6,9-10H2,1H3/t12-/m0/s1. The van der Waals surface area contributed by atoms with Crippen molar-refractivity contribution in [3.8, 4) is 0 Å². The highest BCUT2D eigenvalue weighted by Crippen LogP contribution is 2.25. The number of anilines is 1. The van der Waals surface area contributed by atoms with Gasteiger partial charge in [-0.05, 0) is 37.8 Å². The average molecular weight is 289 g/mol. The molecule has 21 heavy (non-hydrogen) atoms. The van der Waals surface area contributed by atoms with Crippen molar-refractivity contribution in [3.05, 3.63) is 30.3 Å². The molecular weight excluding hydrogens is 269 g/mol. The summed E-state index contributed by atoms with van der Waals surface area (Å²) in [6.07, 6.45) is 6.29. The number of hydrogen-bond donors (Lipinski definition) is 0. The van der Waals surface area contributed by atoms with Crippen molar-refractivity contribution in [1.29, 1.82) is 0 Å². The van der Waals surface area contributed by atoms with Crippen LogP contribution < -0.4 is 4.90 Å². The van der Waals surface area contributed by atoms with Gasteiger partial charge in [0.05, 0.1) is 17.0 Å². The molecule has 0 bridgehead atoms. The lowest BCUT2D eigenvalue weighted by molar-refractivity contribution is 0.103. The third-order valence-corrected chi connectivity index (χ3v) is 4.00. The van der Waals surface area contributed by atoms with Crippen LogP contribution in [0.3, 0.4) is 0 Å². The zero-order valence-corrected chi connectivity index (χ0v) is 12.3. The maximum Gasteiger partial charge on any atom is 0.142 e. The first-order valence-corrected chi connectivity index (χ1v) is 7.47. The summed E-state index contributed by atoms with van der Waals surface area (Å²) in [4.78, 5) is 10.4. The molecule has 1 aromatic carbocycles. The van der Waals surface area contributed by atoms with Crippen LogP contribution in [0.5, 0.6) is 0 Å². The quantitative estimate of drug-likeness (QED) is 0.847. The van der Waals surface area contributed by atoms with Crippen LogP contribution in [0, 0.1) is 5.82 Å². The van der Waals surface area contributed by atoms with E-state index in [9.17, 15) is 4.39 Å². The summed E-state index contributed by atoms with van der Waals surface area (Å²) in [5.74, 6) is 0.388. The third kappa shape index (κ3) is 3.13. The van der Waals surface area contributed by atoms with Gasteiger partial charge in [0, 0.05) is 20.2 Å². The molecule has 2 aromatic rings. The fourth-order valence-corrected chi connectivity index (χ4v) is 2.88. The lowest BCUT2D eigenvalue weighted by Gasteiger charge is -2.20. The Morgan fingerprint density at radius 2 is 2.29 bits per heavy atom. The number of rotatable bonds is 5. The van der Waals surface area contributed by atoms with Gasteiger partial charge in [0.1, 0.15) is 18.0 Å². The number of benzene rings is 1. The van der Waals surface area contributed by atoms with Crippen LogP contribution in [0.4, 0.5) is 10.2 Å². The maximum absolute atomic E-state index is 14.0. The molecule has 0 aliphatic carbocycles. The Kier molecular flexibility index (Phi) is 4.29. The molecule has 0 spiro atoms. The number of nitrogens with zero attached hydrogens (tertiary/aromatic N) is 3. The van der Waals surface area contributed by atoms with Crippen molar-refractivity contribution in [3.63, 3.8) is 0 Å². The van der Waals surface area contributed by atoms with Crippen LogP contribution in [0.15, 0.2) is 24.5 Å². The topological polar surface area (TPSA) is 38.2 Å². The summed E-state index contributed by atoms with van der Waals surface area (Å²) in [6, 6.07) is 4.94. The van der Waals surface area contributed by atoms with Gasteiger partial charge in [-0.1, -0.05) is 6.07 Å².